The Morgan fingerprint density at radius 3 is 1.25 bits per heavy atom. The SMILES string of the molecule is c1ccc2c(c1)sc1ccc(-c3ncc4c5ccccc5c5cnc(-c6ccc7sc8ccccc8c7c6)nc5c4n3)cc12. The first-order chi connectivity index (χ1) is 21.8. The molecule has 0 saturated heterocycles. The molecule has 204 valence electrons. The average molecular weight is 597 g/mol. The van der Waals surface area contributed by atoms with Crippen molar-refractivity contribution in [2.45, 2.75) is 0 Å². The van der Waals surface area contributed by atoms with Crippen LogP contribution in [0.25, 0.3) is 95.7 Å². The maximum atomic E-state index is 5.22. The molecule has 0 fully saturated rings. The van der Waals surface area contributed by atoms with E-state index in [1.807, 2.05) is 35.1 Å². The summed E-state index contributed by atoms with van der Waals surface area (Å²) in [4.78, 5) is 20.2. The van der Waals surface area contributed by atoms with E-state index in [2.05, 4.69) is 109 Å². The zero-order chi connectivity index (χ0) is 28.8. The predicted octanol–water partition coefficient (Wildman–Crippen LogP) is 10.8. The number of nitrogens with zero attached hydrogens (tertiary/aromatic N) is 4. The maximum Gasteiger partial charge on any atom is 0.159 e. The van der Waals surface area contributed by atoms with Crippen LogP contribution in [-0.2, 0) is 0 Å². The van der Waals surface area contributed by atoms with Crippen molar-refractivity contribution in [1.29, 1.82) is 0 Å². The van der Waals surface area contributed by atoms with E-state index >= 15 is 0 Å². The molecule has 4 heterocycles. The largest absolute Gasteiger partial charge is 0.236 e. The lowest BCUT2D eigenvalue weighted by atomic mass is 10.0. The number of benzene rings is 6. The number of rotatable bonds is 2. The van der Waals surface area contributed by atoms with Crippen LogP contribution in [0.4, 0.5) is 0 Å². The molecule has 0 bridgehead atoms. The molecule has 10 rings (SSSR count). The summed E-state index contributed by atoms with van der Waals surface area (Å²) in [6, 6.07) is 38.6. The van der Waals surface area contributed by atoms with E-state index in [0.717, 1.165) is 43.7 Å². The van der Waals surface area contributed by atoms with Gasteiger partial charge in [-0.05, 0) is 59.3 Å². The van der Waals surface area contributed by atoms with Crippen LogP contribution in [0.1, 0.15) is 0 Å². The molecule has 0 radical (unpaired) electrons. The molecule has 4 aromatic heterocycles. The number of aromatic nitrogens is 4. The highest BCUT2D eigenvalue weighted by atomic mass is 32.1. The van der Waals surface area contributed by atoms with Gasteiger partial charge in [-0.2, -0.15) is 0 Å². The van der Waals surface area contributed by atoms with Gasteiger partial charge in [0.1, 0.15) is 11.0 Å². The van der Waals surface area contributed by atoms with Gasteiger partial charge in [0.25, 0.3) is 0 Å². The molecular weight excluding hydrogens is 577 g/mol. The van der Waals surface area contributed by atoms with Crippen LogP contribution < -0.4 is 0 Å². The molecule has 6 heteroatoms. The topological polar surface area (TPSA) is 51.6 Å². The van der Waals surface area contributed by atoms with Gasteiger partial charge in [-0.1, -0.05) is 60.7 Å². The van der Waals surface area contributed by atoms with Crippen molar-refractivity contribution in [2.75, 3.05) is 0 Å². The third-order valence-electron chi connectivity index (χ3n) is 8.58. The second-order valence-electron chi connectivity index (χ2n) is 11.1. The van der Waals surface area contributed by atoms with Gasteiger partial charge < -0.3 is 0 Å². The van der Waals surface area contributed by atoms with Gasteiger partial charge in [0, 0.05) is 74.6 Å². The van der Waals surface area contributed by atoms with Crippen LogP contribution >= 0.6 is 22.7 Å². The summed E-state index contributed by atoms with van der Waals surface area (Å²) < 4.78 is 5.10. The van der Waals surface area contributed by atoms with Crippen molar-refractivity contribution in [3.05, 3.63) is 122 Å². The van der Waals surface area contributed by atoms with Crippen LogP contribution in [0.5, 0.6) is 0 Å². The Kier molecular flexibility index (Phi) is 5.00. The predicted molar refractivity (Wildman–Crippen MR) is 187 cm³/mol. The van der Waals surface area contributed by atoms with Crippen LogP contribution in [-0.4, -0.2) is 19.9 Å². The van der Waals surface area contributed by atoms with E-state index in [0.29, 0.717) is 11.6 Å². The molecule has 0 atom stereocenters. The van der Waals surface area contributed by atoms with Gasteiger partial charge in [-0.15, -0.1) is 22.7 Å². The first-order valence-electron chi connectivity index (χ1n) is 14.5. The van der Waals surface area contributed by atoms with E-state index in [-0.39, 0.29) is 0 Å². The maximum absolute atomic E-state index is 5.22. The first-order valence-corrected chi connectivity index (χ1v) is 16.1. The monoisotopic (exact) mass is 596 g/mol. The Bertz CT molecular complexity index is 2600. The Morgan fingerprint density at radius 2 is 0.773 bits per heavy atom. The Labute approximate surface area is 258 Å². The van der Waals surface area contributed by atoms with Crippen molar-refractivity contribution in [3.63, 3.8) is 0 Å². The summed E-state index contributed by atoms with van der Waals surface area (Å²) in [6.45, 7) is 0. The molecule has 10 aromatic rings. The van der Waals surface area contributed by atoms with Crippen LogP contribution in [0.15, 0.2) is 122 Å². The van der Waals surface area contributed by atoms with Gasteiger partial charge >= 0.3 is 0 Å². The number of fused-ring (bicyclic) bond motifs is 12. The fourth-order valence-corrected chi connectivity index (χ4v) is 8.65. The van der Waals surface area contributed by atoms with Crippen molar-refractivity contribution in [3.8, 4) is 22.8 Å². The third kappa shape index (κ3) is 3.49. The normalized spacial score (nSPS) is 12.1. The Hall–Kier alpha value is -5.30. The molecule has 0 amide bonds. The molecule has 44 heavy (non-hydrogen) atoms. The van der Waals surface area contributed by atoms with Crippen LogP contribution in [0.2, 0.25) is 0 Å². The zero-order valence-corrected chi connectivity index (χ0v) is 24.8. The number of thiophene rings is 2. The Morgan fingerprint density at radius 1 is 0.364 bits per heavy atom. The third-order valence-corrected chi connectivity index (χ3v) is 10.9. The summed E-state index contributed by atoms with van der Waals surface area (Å²) in [5, 5.41) is 9.17. The van der Waals surface area contributed by atoms with Crippen molar-refractivity contribution >= 4 is 95.6 Å². The molecule has 0 unspecified atom stereocenters. The second-order valence-corrected chi connectivity index (χ2v) is 13.2. The highest BCUT2D eigenvalue weighted by Gasteiger charge is 2.16. The van der Waals surface area contributed by atoms with Gasteiger partial charge in [-0.3, -0.25) is 0 Å². The van der Waals surface area contributed by atoms with E-state index in [4.69, 9.17) is 19.9 Å². The van der Waals surface area contributed by atoms with Crippen molar-refractivity contribution in [1.82, 2.24) is 19.9 Å². The molecule has 6 aromatic carbocycles. The molecule has 0 aliphatic carbocycles. The summed E-state index contributed by atoms with van der Waals surface area (Å²) >= 11 is 3.63. The smallest absolute Gasteiger partial charge is 0.159 e. The van der Waals surface area contributed by atoms with Gasteiger partial charge in [0.2, 0.25) is 0 Å². The highest BCUT2D eigenvalue weighted by molar-refractivity contribution is 7.26. The lowest BCUT2D eigenvalue weighted by Crippen LogP contribution is -1.96. The zero-order valence-electron chi connectivity index (χ0n) is 23.2. The van der Waals surface area contributed by atoms with Crippen LogP contribution in [0, 0.1) is 0 Å². The first kappa shape index (κ1) is 24.2. The molecular formula is C38H20N4S2. The number of hydrogen-bond donors (Lipinski definition) is 0. The van der Waals surface area contributed by atoms with Gasteiger partial charge in [0.15, 0.2) is 11.6 Å². The van der Waals surface area contributed by atoms with E-state index in [1.54, 1.807) is 0 Å². The summed E-state index contributed by atoms with van der Waals surface area (Å²) in [5.74, 6) is 1.38. The standard InChI is InChI=1S/C38H20N4S2/c1-2-8-24-23(7-1)29-19-39-37(21-13-15-33-27(17-21)25-9-3-5-11-31(25)43-33)41-35(29)36-30(24)20-40-38(42-36)22-14-16-34-28(18-22)26-10-4-6-12-32(26)44-34/h1-20H. The van der Waals surface area contributed by atoms with Crippen molar-refractivity contribution < 1.29 is 0 Å². The molecule has 0 aliphatic rings. The highest BCUT2D eigenvalue weighted by Crippen LogP contribution is 2.39. The minimum Gasteiger partial charge on any atom is -0.236 e. The van der Waals surface area contributed by atoms with Gasteiger partial charge in [-0.25, -0.2) is 19.9 Å². The lowest BCUT2D eigenvalue weighted by molar-refractivity contribution is 1.21. The molecule has 0 saturated carbocycles. The van der Waals surface area contributed by atoms with E-state index in [9.17, 15) is 0 Å². The van der Waals surface area contributed by atoms with Gasteiger partial charge in [0.05, 0.1) is 0 Å². The second kappa shape index (κ2) is 9.10. The number of hydrogen-bond acceptors (Lipinski definition) is 6. The molecule has 0 N–H and O–H groups in total. The minimum absolute atomic E-state index is 0.692. The quantitative estimate of drug-likeness (QED) is 0.186. The summed E-state index contributed by atoms with van der Waals surface area (Å²) in [5.41, 5.74) is 3.66. The average Bonchev–Trinajstić information content (AvgIpc) is 3.65. The van der Waals surface area contributed by atoms with Crippen LogP contribution in [0.3, 0.4) is 0 Å². The molecule has 0 aliphatic heterocycles. The minimum atomic E-state index is 0.692. The van der Waals surface area contributed by atoms with E-state index < -0.39 is 0 Å². The Balaban J connectivity index is 1.22. The molecule has 0 spiro atoms. The fourth-order valence-electron chi connectivity index (χ4n) is 6.48. The summed E-state index contributed by atoms with van der Waals surface area (Å²) in [7, 11) is 0. The molecule has 4 nitrogen and oxygen atoms in total. The fraction of sp³-hybridized carbons (Fsp3) is 0. The van der Waals surface area contributed by atoms with Crippen molar-refractivity contribution in [2.24, 2.45) is 0 Å². The van der Waals surface area contributed by atoms with E-state index in [1.165, 1.54) is 40.3 Å². The summed E-state index contributed by atoms with van der Waals surface area (Å²) in [6.07, 6.45) is 3.92. The lowest BCUT2D eigenvalue weighted by Gasteiger charge is -2.11.